The lowest BCUT2D eigenvalue weighted by atomic mass is 9.98. The fourth-order valence-electron chi connectivity index (χ4n) is 3.23. The predicted octanol–water partition coefficient (Wildman–Crippen LogP) is 1.68. The molecule has 0 aliphatic carbocycles. The van der Waals surface area contributed by atoms with Crippen LogP contribution in [-0.4, -0.2) is 66.9 Å². The van der Waals surface area contributed by atoms with Crippen molar-refractivity contribution < 1.29 is 4.79 Å². The van der Waals surface area contributed by atoms with E-state index in [9.17, 15) is 10.1 Å². The quantitative estimate of drug-likeness (QED) is 0.588. The molecule has 5 heteroatoms. The van der Waals surface area contributed by atoms with Crippen LogP contribution in [0.3, 0.4) is 0 Å². The van der Waals surface area contributed by atoms with Crippen molar-refractivity contribution in [3.8, 4) is 6.07 Å². The Hall–Kier alpha value is -1.54. The maximum Gasteiger partial charge on any atom is 0.266 e. The molecule has 2 rings (SSSR count). The molecule has 2 saturated heterocycles. The Kier molecular flexibility index (Phi) is 5.84. The van der Waals surface area contributed by atoms with Gasteiger partial charge in [-0.05, 0) is 51.7 Å². The summed E-state index contributed by atoms with van der Waals surface area (Å²) in [5.74, 6) is 0.578. The highest BCUT2D eigenvalue weighted by Gasteiger charge is 2.25. The number of carbonyl (C=O) groups excluding carboxylic acids is 1. The van der Waals surface area contributed by atoms with Crippen LogP contribution in [0.5, 0.6) is 0 Å². The van der Waals surface area contributed by atoms with E-state index < -0.39 is 0 Å². The van der Waals surface area contributed by atoms with Crippen molar-refractivity contribution >= 4 is 5.91 Å². The van der Waals surface area contributed by atoms with Crippen molar-refractivity contribution in [1.29, 1.82) is 5.26 Å². The third kappa shape index (κ3) is 4.23. The summed E-state index contributed by atoms with van der Waals surface area (Å²) in [6.45, 7) is 5.91. The molecule has 2 aliphatic heterocycles. The average Bonchev–Trinajstić information content (AvgIpc) is 2.53. The van der Waals surface area contributed by atoms with Crippen molar-refractivity contribution in [2.45, 2.75) is 38.6 Å². The molecule has 0 aromatic rings. The monoisotopic (exact) mass is 304 g/mol. The lowest BCUT2D eigenvalue weighted by Gasteiger charge is -2.35. The molecule has 22 heavy (non-hydrogen) atoms. The summed E-state index contributed by atoms with van der Waals surface area (Å²) in [7, 11) is 4.12. The average molecular weight is 304 g/mol. The molecule has 2 fully saturated rings. The fourth-order valence-corrected chi connectivity index (χ4v) is 3.23. The number of carbonyl (C=O) groups is 1. The summed E-state index contributed by atoms with van der Waals surface area (Å²) < 4.78 is 0. The molecule has 0 radical (unpaired) electrons. The highest BCUT2D eigenvalue weighted by atomic mass is 16.2. The van der Waals surface area contributed by atoms with Gasteiger partial charge in [0.2, 0.25) is 0 Å². The SMILES string of the molecule is CC1CCN(C(=O)/C(C#N)=C\N(C)C2CCN(C)CC2)CC1. The van der Waals surface area contributed by atoms with Crippen LogP contribution < -0.4 is 0 Å². The third-order valence-corrected chi connectivity index (χ3v) is 5.02. The van der Waals surface area contributed by atoms with Gasteiger partial charge in [0.1, 0.15) is 11.6 Å². The molecule has 2 aliphatic rings. The lowest BCUT2D eigenvalue weighted by molar-refractivity contribution is -0.128. The summed E-state index contributed by atoms with van der Waals surface area (Å²) in [5.41, 5.74) is 0.274. The minimum Gasteiger partial charge on any atom is -0.376 e. The molecule has 0 N–H and O–H groups in total. The number of nitriles is 1. The van der Waals surface area contributed by atoms with E-state index in [0.29, 0.717) is 12.0 Å². The van der Waals surface area contributed by atoms with E-state index in [0.717, 1.165) is 51.9 Å². The molecular weight excluding hydrogens is 276 g/mol. The molecule has 2 heterocycles. The molecular formula is C17H28N4O. The van der Waals surface area contributed by atoms with E-state index in [1.165, 1.54) is 0 Å². The van der Waals surface area contributed by atoms with E-state index in [1.807, 2.05) is 11.9 Å². The van der Waals surface area contributed by atoms with Crippen LogP contribution >= 0.6 is 0 Å². The number of amides is 1. The number of rotatable bonds is 3. The largest absolute Gasteiger partial charge is 0.376 e. The van der Waals surface area contributed by atoms with Gasteiger partial charge in [-0.25, -0.2) is 0 Å². The molecule has 0 saturated carbocycles. The van der Waals surface area contributed by atoms with Gasteiger partial charge in [0.25, 0.3) is 5.91 Å². The van der Waals surface area contributed by atoms with Crippen LogP contribution in [0.4, 0.5) is 0 Å². The zero-order valence-corrected chi connectivity index (χ0v) is 14.1. The molecule has 0 aromatic heterocycles. The molecule has 0 atom stereocenters. The van der Waals surface area contributed by atoms with E-state index in [2.05, 4.69) is 29.8 Å². The standard InChI is InChI=1S/C17H28N4O/c1-14-4-10-21(11-5-14)17(22)15(12-18)13-20(3)16-6-8-19(2)9-7-16/h13-14,16H,4-11H2,1-3H3/b15-13-. The Morgan fingerprint density at radius 2 is 1.77 bits per heavy atom. The van der Waals surface area contributed by atoms with Crippen LogP contribution in [0.25, 0.3) is 0 Å². The second kappa shape index (κ2) is 7.64. The smallest absolute Gasteiger partial charge is 0.266 e. The molecule has 1 amide bonds. The molecule has 122 valence electrons. The van der Waals surface area contributed by atoms with Gasteiger partial charge in [-0.3, -0.25) is 4.79 Å². The van der Waals surface area contributed by atoms with E-state index in [1.54, 1.807) is 6.20 Å². The van der Waals surface area contributed by atoms with Gasteiger partial charge >= 0.3 is 0 Å². The Bertz CT molecular complexity index is 452. The fraction of sp³-hybridized carbons (Fsp3) is 0.765. The maximum atomic E-state index is 12.5. The van der Waals surface area contributed by atoms with Crippen molar-refractivity contribution in [1.82, 2.24) is 14.7 Å². The van der Waals surface area contributed by atoms with E-state index in [4.69, 9.17) is 0 Å². The number of nitrogens with zero attached hydrogens (tertiary/aromatic N) is 4. The predicted molar refractivity (Wildman–Crippen MR) is 87.0 cm³/mol. The second-order valence-electron chi connectivity index (χ2n) is 6.83. The summed E-state index contributed by atoms with van der Waals surface area (Å²) in [6, 6.07) is 2.53. The lowest BCUT2D eigenvalue weighted by Crippen LogP contribution is -2.41. The first-order valence-electron chi connectivity index (χ1n) is 8.33. The zero-order chi connectivity index (χ0) is 16.1. The first-order chi connectivity index (χ1) is 10.5. The van der Waals surface area contributed by atoms with Gasteiger partial charge in [-0.2, -0.15) is 5.26 Å². The van der Waals surface area contributed by atoms with Crippen LogP contribution in [0.15, 0.2) is 11.8 Å². The van der Waals surface area contributed by atoms with Crippen LogP contribution in [-0.2, 0) is 4.79 Å². The molecule has 0 bridgehead atoms. The zero-order valence-electron chi connectivity index (χ0n) is 14.1. The van der Waals surface area contributed by atoms with Crippen LogP contribution in [0.1, 0.15) is 32.6 Å². The Labute approximate surface area is 134 Å². The van der Waals surface area contributed by atoms with Gasteiger partial charge in [0, 0.05) is 32.4 Å². The molecule has 0 aromatic carbocycles. The number of likely N-dealkylation sites (tertiary alicyclic amines) is 2. The van der Waals surface area contributed by atoms with Crippen molar-refractivity contribution in [3.63, 3.8) is 0 Å². The number of hydrogen-bond donors (Lipinski definition) is 0. The first kappa shape index (κ1) is 16.8. The highest BCUT2D eigenvalue weighted by molar-refractivity contribution is 5.97. The first-order valence-corrected chi connectivity index (χ1v) is 8.33. The van der Waals surface area contributed by atoms with Gasteiger partial charge in [-0.15, -0.1) is 0 Å². The van der Waals surface area contributed by atoms with Gasteiger partial charge in [-0.1, -0.05) is 6.92 Å². The third-order valence-electron chi connectivity index (χ3n) is 5.02. The Morgan fingerprint density at radius 3 is 2.32 bits per heavy atom. The summed E-state index contributed by atoms with van der Waals surface area (Å²) >= 11 is 0. The van der Waals surface area contributed by atoms with Crippen molar-refractivity contribution in [2.24, 2.45) is 5.92 Å². The number of piperidine rings is 2. The van der Waals surface area contributed by atoms with Gasteiger partial charge in [0.15, 0.2) is 0 Å². The Morgan fingerprint density at radius 1 is 1.18 bits per heavy atom. The van der Waals surface area contributed by atoms with Crippen LogP contribution in [0.2, 0.25) is 0 Å². The van der Waals surface area contributed by atoms with E-state index in [-0.39, 0.29) is 11.5 Å². The van der Waals surface area contributed by atoms with E-state index >= 15 is 0 Å². The normalized spacial score (nSPS) is 22.5. The second-order valence-corrected chi connectivity index (χ2v) is 6.83. The topological polar surface area (TPSA) is 50.6 Å². The van der Waals surface area contributed by atoms with Crippen molar-refractivity contribution in [3.05, 3.63) is 11.8 Å². The minimum atomic E-state index is -0.103. The van der Waals surface area contributed by atoms with Crippen LogP contribution in [0, 0.1) is 17.2 Å². The molecule has 5 nitrogen and oxygen atoms in total. The summed E-state index contributed by atoms with van der Waals surface area (Å²) in [5, 5.41) is 9.37. The summed E-state index contributed by atoms with van der Waals surface area (Å²) in [4.78, 5) is 18.7. The van der Waals surface area contributed by atoms with Gasteiger partial charge < -0.3 is 14.7 Å². The number of hydrogen-bond acceptors (Lipinski definition) is 4. The maximum absolute atomic E-state index is 12.5. The minimum absolute atomic E-state index is 0.103. The van der Waals surface area contributed by atoms with Gasteiger partial charge in [0.05, 0.1) is 0 Å². The molecule has 0 spiro atoms. The highest BCUT2D eigenvalue weighted by Crippen LogP contribution is 2.19. The van der Waals surface area contributed by atoms with Crippen molar-refractivity contribution in [2.75, 3.05) is 40.3 Å². The summed E-state index contributed by atoms with van der Waals surface area (Å²) in [6.07, 6.45) is 6.00. The Balaban J connectivity index is 1.97. The molecule has 0 unspecified atom stereocenters.